The van der Waals surface area contributed by atoms with Crippen LogP contribution in [-0.4, -0.2) is 22.3 Å². The summed E-state index contributed by atoms with van der Waals surface area (Å²) in [5.41, 5.74) is 3.38. The molecule has 4 heteroatoms. The molecule has 1 amide bonds. The van der Waals surface area contributed by atoms with E-state index in [0.29, 0.717) is 6.42 Å². The number of hydrogen-bond acceptors (Lipinski definition) is 3. The van der Waals surface area contributed by atoms with Crippen molar-refractivity contribution in [3.63, 3.8) is 0 Å². The topological polar surface area (TPSA) is 33.2 Å². The maximum Gasteiger partial charge on any atom is 0.229 e. The summed E-state index contributed by atoms with van der Waals surface area (Å²) in [6.07, 6.45) is 3.35. The summed E-state index contributed by atoms with van der Waals surface area (Å²) in [6.45, 7) is 0.847. The molecule has 1 aliphatic heterocycles. The fourth-order valence-corrected chi connectivity index (χ4v) is 4.45. The third-order valence-corrected chi connectivity index (χ3v) is 5.78. The molecule has 0 spiro atoms. The monoisotopic (exact) mass is 362 g/mol. The summed E-state index contributed by atoms with van der Waals surface area (Å²) in [6, 6.07) is 20.9. The van der Waals surface area contributed by atoms with Crippen LogP contribution in [0.15, 0.2) is 66.0 Å². The SMILES string of the molecule is O=C(Cc1csc(Cc2ccccc2)n1)N1CCCC1c1ccccc1. The molecule has 4 rings (SSSR count). The van der Waals surface area contributed by atoms with Crippen molar-refractivity contribution < 1.29 is 4.79 Å². The van der Waals surface area contributed by atoms with Gasteiger partial charge in [-0.2, -0.15) is 0 Å². The summed E-state index contributed by atoms with van der Waals surface area (Å²) in [7, 11) is 0. The van der Waals surface area contributed by atoms with Gasteiger partial charge in [-0.15, -0.1) is 11.3 Å². The van der Waals surface area contributed by atoms with Crippen LogP contribution >= 0.6 is 11.3 Å². The molecule has 1 aliphatic rings. The molecule has 26 heavy (non-hydrogen) atoms. The molecule has 0 radical (unpaired) electrons. The summed E-state index contributed by atoms with van der Waals surface area (Å²) >= 11 is 1.64. The van der Waals surface area contributed by atoms with Crippen LogP contribution in [0.25, 0.3) is 0 Å². The van der Waals surface area contributed by atoms with Crippen LogP contribution in [0.1, 0.15) is 40.7 Å². The van der Waals surface area contributed by atoms with Gasteiger partial charge in [0.05, 0.1) is 23.2 Å². The van der Waals surface area contributed by atoms with Gasteiger partial charge in [0.25, 0.3) is 0 Å². The van der Waals surface area contributed by atoms with E-state index in [1.54, 1.807) is 11.3 Å². The molecule has 3 aromatic rings. The molecular formula is C22H22N2OS. The van der Waals surface area contributed by atoms with Gasteiger partial charge in [0.2, 0.25) is 5.91 Å². The van der Waals surface area contributed by atoms with Crippen LogP contribution in [0.2, 0.25) is 0 Å². The van der Waals surface area contributed by atoms with E-state index in [4.69, 9.17) is 0 Å². The van der Waals surface area contributed by atoms with Crippen molar-refractivity contribution in [2.45, 2.75) is 31.7 Å². The molecule has 132 valence electrons. The average molecular weight is 362 g/mol. The first kappa shape index (κ1) is 17.0. The van der Waals surface area contributed by atoms with Crippen LogP contribution in [0.5, 0.6) is 0 Å². The van der Waals surface area contributed by atoms with Gasteiger partial charge >= 0.3 is 0 Å². The lowest BCUT2D eigenvalue weighted by Gasteiger charge is -2.25. The predicted molar refractivity (Wildman–Crippen MR) is 105 cm³/mol. The van der Waals surface area contributed by atoms with Crippen LogP contribution < -0.4 is 0 Å². The molecule has 2 heterocycles. The largest absolute Gasteiger partial charge is 0.335 e. The molecule has 1 saturated heterocycles. The second-order valence-electron chi connectivity index (χ2n) is 6.73. The zero-order valence-electron chi connectivity index (χ0n) is 14.7. The molecule has 0 aliphatic carbocycles. The van der Waals surface area contributed by atoms with Gasteiger partial charge in [0.1, 0.15) is 0 Å². The van der Waals surface area contributed by atoms with Crippen molar-refractivity contribution in [1.29, 1.82) is 0 Å². The van der Waals surface area contributed by atoms with Gasteiger partial charge < -0.3 is 4.90 Å². The van der Waals surface area contributed by atoms with Crippen molar-refractivity contribution in [1.82, 2.24) is 9.88 Å². The lowest BCUT2D eigenvalue weighted by atomic mass is 10.0. The minimum absolute atomic E-state index is 0.188. The highest BCUT2D eigenvalue weighted by atomic mass is 32.1. The Labute approximate surface area is 158 Å². The number of hydrogen-bond donors (Lipinski definition) is 0. The number of aromatic nitrogens is 1. The Bertz CT molecular complexity index is 860. The Morgan fingerprint density at radius 3 is 2.58 bits per heavy atom. The van der Waals surface area contributed by atoms with Crippen LogP contribution in [0.3, 0.4) is 0 Å². The normalized spacial score (nSPS) is 16.8. The lowest BCUT2D eigenvalue weighted by molar-refractivity contribution is -0.131. The van der Waals surface area contributed by atoms with Crippen molar-refractivity contribution >= 4 is 17.2 Å². The summed E-state index contributed by atoms with van der Waals surface area (Å²) in [5.74, 6) is 0.188. The summed E-state index contributed by atoms with van der Waals surface area (Å²) in [5, 5.41) is 3.10. The van der Waals surface area contributed by atoms with E-state index >= 15 is 0 Å². The number of nitrogens with zero attached hydrogens (tertiary/aromatic N) is 2. The van der Waals surface area contributed by atoms with Crippen molar-refractivity contribution in [3.8, 4) is 0 Å². The zero-order valence-corrected chi connectivity index (χ0v) is 15.5. The number of rotatable bonds is 5. The minimum Gasteiger partial charge on any atom is -0.335 e. The number of likely N-dealkylation sites (tertiary alicyclic amines) is 1. The van der Waals surface area contributed by atoms with Gasteiger partial charge in [0.15, 0.2) is 0 Å². The fourth-order valence-electron chi connectivity index (χ4n) is 3.63. The average Bonchev–Trinajstić information content (AvgIpc) is 3.33. The van der Waals surface area contributed by atoms with E-state index in [-0.39, 0.29) is 11.9 Å². The fraction of sp³-hybridized carbons (Fsp3) is 0.273. The van der Waals surface area contributed by atoms with E-state index < -0.39 is 0 Å². The van der Waals surface area contributed by atoms with Crippen LogP contribution in [0.4, 0.5) is 0 Å². The zero-order chi connectivity index (χ0) is 17.8. The van der Waals surface area contributed by atoms with E-state index in [1.165, 1.54) is 11.1 Å². The Morgan fingerprint density at radius 2 is 1.81 bits per heavy atom. The molecule has 2 aromatic carbocycles. The molecule has 1 unspecified atom stereocenters. The second-order valence-corrected chi connectivity index (χ2v) is 7.67. The molecule has 1 aromatic heterocycles. The Kier molecular flexibility index (Phi) is 5.12. The van der Waals surface area contributed by atoms with Crippen molar-refractivity contribution in [2.24, 2.45) is 0 Å². The highest BCUT2D eigenvalue weighted by Gasteiger charge is 2.29. The first-order valence-electron chi connectivity index (χ1n) is 9.11. The number of carbonyl (C=O) groups excluding carboxylic acids is 1. The number of benzene rings is 2. The third-order valence-electron chi connectivity index (χ3n) is 4.89. The smallest absolute Gasteiger partial charge is 0.229 e. The van der Waals surface area contributed by atoms with Gasteiger partial charge in [-0.05, 0) is 24.0 Å². The van der Waals surface area contributed by atoms with Crippen LogP contribution in [0, 0.1) is 0 Å². The standard InChI is InChI=1S/C22H22N2OS/c25-22(24-13-7-12-20(24)18-10-5-2-6-11-18)15-19-16-26-21(23-19)14-17-8-3-1-4-9-17/h1-6,8-11,16,20H,7,12-15H2. The lowest BCUT2D eigenvalue weighted by Crippen LogP contribution is -2.31. The molecule has 0 N–H and O–H groups in total. The first-order chi connectivity index (χ1) is 12.8. The number of carbonyl (C=O) groups is 1. The van der Waals surface area contributed by atoms with Crippen LogP contribution in [-0.2, 0) is 17.6 Å². The third kappa shape index (κ3) is 3.86. The predicted octanol–water partition coefficient (Wildman–Crippen LogP) is 4.64. The summed E-state index contributed by atoms with van der Waals surface area (Å²) in [4.78, 5) is 19.6. The summed E-state index contributed by atoms with van der Waals surface area (Å²) < 4.78 is 0. The van der Waals surface area contributed by atoms with Crippen molar-refractivity contribution in [2.75, 3.05) is 6.54 Å². The number of thiazole rings is 1. The number of amides is 1. The molecule has 1 atom stereocenters. The van der Waals surface area contributed by atoms with E-state index in [1.807, 2.05) is 46.7 Å². The Balaban J connectivity index is 1.42. The van der Waals surface area contributed by atoms with Crippen molar-refractivity contribution in [3.05, 3.63) is 87.9 Å². The molecule has 1 fully saturated rings. The minimum atomic E-state index is 0.188. The maximum atomic E-state index is 12.9. The highest BCUT2D eigenvalue weighted by molar-refractivity contribution is 7.09. The first-order valence-corrected chi connectivity index (χ1v) is 9.99. The highest BCUT2D eigenvalue weighted by Crippen LogP contribution is 2.32. The van der Waals surface area contributed by atoms with Gasteiger partial charge in [-0.25, -0.2) is 4.98 Å². The molecular weight excluding hydrogens is 340 g/mol. The van der Waals surface area contributed by atoms with Gasteiger partial charge in [0, 0.05) is 18.3 Å². The Morgan fingerprint density at radius 1 is 1.08 bits per heavy atom. The molecule has 3 nitrogen and oxygen atoms in total. The van der Waals surface area contributed by atoms with E-state index in [0.717, 1.165) is 36.5 Å². The Hall–Kier alpha value is -2.46. The second kappa shape index (κ2) is 7.83. The van der Waals surface area contributed by atoms with Gasteiger partial charge in [-0.3, -0.25) is 4.79 Å². The van der Waals surface area contributed by atoms with Gasteiger partial charge in [-0.1, -0.05) is 60.7 Å². The maximum absolute atomic E-state index is 12.9. The molecule has 0 saturated carbocycles. The van der Waals surface area contributed by atoms with E-state index in [9.17, 15) is 4.79 Å². The molecule has 0 bridgehead atoms. The van der Waals surface area contributed by atoms with E-state index in [2.05, 4.69) is 29.2 Å². The quantitative estimate of drug-likeness (QED) is 0.662.